The summed E-state index contributed by atoms with van der Waals surface area (Å²) in [5.41, 5.74) is 0. The molecule has 0 rings (SSSR count). The Bertz CT molecular complexity index is 825. The van der Waals surface area contributed by atoms with Crippen LogP contribution in [0.2, 0.25) is 0 Å². The van der Waals surface area contributed by atoms with Gasteiger partial charge in [0, 0.05) is 12.8 Å². The fraction of sp³-hybridized carbons (Fsp3) is 0.692. The van der Waals surface area contributed by atoms with E-state index in [4.69, 9.17) is 9.47 Å². The van der Waals surface area contributed by atoms with Gasteiger partial charge in [-0.1, -0.05) is 152 Å². The second-order valence-electron chi connectivity index (χ2n) is 11.8. The molecule has 0 saturated carbocycles. The van der Waals surface area contributed by atoms with Crippen LogP contribution in [0.4, 0.5) is 0 Å². The van der Waals surface area contributed by atoms with Crippen molar-refractivity contribution in [3.63, 3.8) is 0 Å². The highest BCUT2D eigenvalue weighted by Crippen LogP contribution is 2.13. The zero-order chi connectivity index (χ0) is 33.1. The van der Waals surface area contributed by atoms with E-state index in [0.29, 0.717) is 19.3 Å². The van der Waals surface area contributed by atoms with Crippen LogP contribution >= 0.6 is 0 Å². The Labute approximate surface area is 275 Å². The summed E-state index contributed by atoms with van der Waals surface area (Å²) in [5, 5.41) is 20.0. The molecule has 0 saturated heterocycles. The zero-order valence-electron chi connectivity index (χ0n) is 28.7. The first-order valence-corrected chi connectivity index (χ1v) is 17.9. The lowest BCUT2D eigenvalue weighted by Gasteiger charge is -2.12. The van der Waals surface area contributed by atoms with E-state index in [1.54, 1.807) is 6.08 Å². The number of carbonyl (C=O) groups is 2. The molecule has 6 heteroatoms. The molecule has 0 aromatic rings. The first kappa shape index (κ1) is 42.6. The number of hydrogen-bond donors (Lipinski definition) is 2. The molecule has 2 atom stereocenters. The van der Waals surface area contributed by atoms with Crippen LogP contribution in [0.15, 0.2) is 60.8 Å². The van der Waals surface area contributed by atoms with Crippen molar-refractivity contribution in [3.05, 3.63) is 60.8 Å². The van der Waals surface area contributed by atoms with E-state index in [-0.39, 0.29) is 25.6 Å². The Morgan fingerprint density at radius 3 is 1.51 bits per heavy atom. The number of ether oxygens (including phenoxy) is 2. The maximum Gasteiger partial charge on any atom is 0.305 e. The molecule has 1 unspecified atom stereocenters. The Kier molecular flexibility index (Phi) is 32.6. The topological polar surface area (TPSA) is 93.1 Å². The summed E-state index contributed by atoms with van der Waals surface area (Å²) in [6, 6.07) is 0. The molecule has 2 N–H and O–H groups in total. The van der Waals surface area contributed by atoms with Gasteiger partial charge in [-0.3, -0.25) is 9.59 Å². The molecular weight excluding hydrogens is 564 g/mol. The number of carbonyl (C=O) groups excluding carboxylic acids is 2. The summed E-state index contributed by atoms with van der Waals surface area (Å²) in [7, 11) is 0. The second-order valence-corrected chi connectivity index (χ2v) is 11.8. The van der Waals surface area contributed by atoms with Gasteiger partial charge in [0.25, 0.3) is 0 Å². The van der Waals surface area contributed by atoms with Gasteiger partial charge < -0.3 is 19.7 Å². The molecule has 0 spiro atoms. The van der Waals surface area contributed by atoms with Crippen LogP contribution in [0.1, 0.15) is 149 Å². The Balaban J connectivity index is 3.67. The summed E-state index contributed by atoms with van der Waals surface area (Å²) in [6.07, 6.45) is 40.2. The van der Waals surface area contributed by atoms with Crippen LogP contribution in [-0.4, -0.2) is 47.6 Å². The lowest BCUT2D eigenvalue weighted by atomic mass is 10.0. The van der Waals surface area contributed by atoms with Gasteiger partial charge in [0.2, 0.25) is 0 Å². The average Bonchev–Trinajstić information content (AvgIpc) is 3.03. The first-order chi connectivity index (χ1) is 22.0. The maximum atomic E-state index is 11.9. The number of rotatable bonds is 31. The highest BCUT2D eigenvalue weighted by molar-refractivity contribution is 5.69. The molecule has 0 aliphatic carbocycles. The molecule has 0 aliphatic heterocycles. The van der Waals surface area contributed by atoms with Gasteiger partial charge in [0.1, 0.15) is 19.3 Å². The van der Waals surface area contributed by atoms with Crippen molar-refractivity contribution in [2.75, 3.05) is 13.2 Å². The van der Waals surface area contributed by atoms with E-state index in [9.17, 15) is 19.8 Å². The molecule has 0 amide bonds. The monoisotopic (exact) mass is 630 g/mol. The van der Waals surface area contributed by atoms with Crippen LogP contribution in [0, 0.1) is 0 Å². The van der Waals surface area contributed by atoms with Gasteiger partial charge in [0.05, 0.1) is 6.10 Å². The predicted molar refractivity (Wildman–Crippen MR) is 188 cm³/mol. The number of esters is 2. The maximum absolute atomic E-state index is 11.9. The highest BCUT2D eigenvalue weighted by Gasteiger charge is 2.12. The zero-order valence-corrected chi connectivity index (χ0v) is 28.7. The molecule has 0 aromatic heterocycles. The molecule has 45 heavy (non-hydrogen) atoms. The normalized spacial score (nSPS) is 13.6. The third-order valence-corrected chi connectivity index (χ3v) is 7.37. The molecule has 0 radical (unpaired) electrons. The molecule has 0 aliphatic rings. The first-order valence-electron chi connectivity index (χ1n) is 17.9. The summed E-state index contributed by atoms with van der Waals surface area (Å²) < 4.78 is 10.2. The fourth-order valence-corrected chi connectivity index (χ4v) is 4.64. The van der Waals surface area contributed by atoms with Crippen molar-refractivity contribution in [2.24, 2.45) is 0 Å². The third-order valence-electron chi connectivity index (χ3n) is 7.37. The van der Waals surface area contributed by atoms with Crippen molar-refractivity contribution in [3.8, 4) is 0 Å². The largest absolute Gasteiger partial charge is 0.463 e. The van der Waals surface area contributed by atoms with E-state index in [1.165, 1.54) is 64.2 Å². The van der Waals surface area contributed by atoms with Crippen LogP contribution in [0.3, 0.4) is 0 Å². The lowest BCUT2D eigenvalue weighted by molar-refractivity contribution is -0.152. The van der Waals surface area contributed by atoms with Crippen molar-refractivity contribution < 1.29 is 29.3 Å². The smallest absolute Gasteiger partial charge is 0.305 e. The van der Waals surface area contributed by atoms with Crippen LogP contribution in [0.5, 0.6) is 0 Å². The quantitative estimate of drug-likeness (QED) is 0.0343. The molecule has 0 aromatic carbocycles. The van der Waals surface area contributed by atoms with E-state index in [1.807, 2.05) is 18.2 Å². The van der Waals surface area contributed by atoms with E-state index < -0.39 is 18.2 Å². The van der Waals surface area contributed by atoms with Crippen molar-refractivity contribution in [2.45, 2.75) is 161 Å². The number of hydrogen-bond acceptors (Lipinski definition) is 6. The summed E-state index contributed by atoms with van der Waals surface area (Å²) in [5.74, 6) is -0.766. The number of aliphatic hydroxyl groups is 2. The van der Waals surface area contributed by atoms with E-state index >= 15 is 0 Å². The van der Waals surface area contributed by atoms with Crippen molar-refractivity contribution in [1.82, 2.24) is 0 Å². The van der Waals surface area contributed by atoms with Crippen molar-refractivity contribution in [1.29, 1.82) is 0 Å². The summed E-state index contributed by atoms with van der Waals surface area (Å²) in [4.78, 5) is 23.9. The highest BCUT2D eigenvalue weighted by atomic mass is 16.6. The Hall–Kier alpha value is -2.44. The lowest BCUT2D eigenvalue weighted by Crippen LogP contribution is -2.25. The standard InChI is InChI=1S/C39H66O6/c1-3-5-7-9-11-13-15-17-19-21-23-25-27-30-36(40)31-29-33-39(43)45-35-37(41)34-44-38(42)32-28-26-24-22-20-18-16-14-12-10-8-6-4-2/h5,7,11,13,17,19,23,25,27,30,36-37,40-41H,3-4,6,8-10,12,14-16,18,20-22,24,26,28-29,31-35H2,1-2H3/b7-5-,13-11-,19-17-,25-23-,30-27+/t36?,37-/m0/s1. The molecule has 0 heterocycles. The fourth-order valence-electron chi connectivity index (χ4n) is 4.64. The van der Waals surface area contributed by atoms with Gasteiger partial charge in [-0.15, -0.1) is 0 Å². The van der Waals surface area contributed by atoms with Crippen LogP contribution in [0.25, 0.3) is 0 Å². The molecule has 0 bridgehead atoms. The number of allylic oxidation sites excluding steroid dienone is 9. The second kappa shape index (κ2) is 34.4. The molecular formula is C39H66O6. The predicted octanol–water partition coefficient (Wildman–Crippen LogP) is 9.81. The van der Waals surface area contributed by atoms with Crippen LogP contribution in [-0.2, 0) is 19.1 Å². The van der Waals surface area contributed by atoms with Gasteiger partial charge in [-0.2, -0.15) is 0 Å². The molecule has 6 nitrogen and oxygen atoms in total. The average molecular weight is 631 g/mol. The minimum atomic E-state index is -1.04. The summed E-state index contributed by atoms with van der Waals surface area (Å²) in [6.45, 7) is 4.00. The minimum absolute atomic E-state index is 0.153. The van der Waals surface area contributed by atoms with Gasteiger partial charge in [-0.05, 0) is 44.9 Å². The Morgan fingerprint density at radius 2 is 1.00 bits per heavy atom. The third kappa shape index (κ3) is 34.3. The van der Waals surface area contributed by atoms with Crippen molar-refractivity contribution >= 4 is 11.9 Å². The molecule has 258 valence electrons. The molecule has 0 fully saturated rings. The van der Waals surface area contributed by atoms with E-state index in [0.717, 1.165) is 44.9 Å². The Morgan fingerprint density at radius 1 is 0.556 bits per heavy atom. The van der Waals surface area contributed by atoms with Crippen LogP contribution < -0.4 is 0 Å². The minimum Gasteiger partial charge on any atom is -0.463 e. The summed E-state index contributed by atoms with van der Waals surface area (Å²) >= 11 is 0. The number of unbranched alkanes of at least 4 members (excludes halogenated alkanes) is 12. The van der Waals surface area contributed by atoms with Gasteiger partial charge >= 0.3 is 11.9 Å². The SMILES string of the molecule is CC/C=C\C/C=C\C/C=C\C/C=C\C=C\C(O)CCCC(=O)OC[C@@H](O)COC(=O)CCCCCCCCCCCCCCC. The van der Waals surface area contributed by atoms with Gasteiger partial charge in [0.15, 0.2) is 0 Å². The van der Waals surface area contributed by atoms with E-state index in [2.05, 4.69) is 50.3 Å². The number of aliphatic hydroxyl groups excluding tert-OH is 2. The van der Waals surface area contributed by atoms with Gasteiger partial charge in [-0.25, -0.2) is 0 Å².